The van der Waals surface area contributed by atoms with Gasteiger partial charge in [0.25, 0.3) is 0 Å². The standard InChI is InChI=1S/C39H58N4O6/c1-7-37(4)24-32(38(5)27(2)12-14-39(28(3)36(37)47)15-13-30(44)35(38)39)49-34(46)26-41-18-22-43(23-19-41)33(45)25-40-16-20-42(21-17-40)29-10-8-9-11-31(29)48-6/h7-11,27-28,32,35-36,47H,1,12-26H2,2-6H3/t27-,28+,32-,35+,36+,37-,38+,39+/m1/s1. The smallest absolute Gasteiger partial charge is 0.320 e. The van der Waals surface area contributed by atoms with Gasteiger partial charge in [0, 0.05) is 75.5 Å². The number of Topliss-reactive ketones (excluding diaryl/α,β-unsaturated/α-hetero) is 1. The summed E-state index contributed by atoms with van der Waals surface area (Å²) in [6.45, 7) is 18.8. The molecule has 2 aliphatic heterocycles. The van der Waals surface area contributed by atoms with Gasteiger partial charge in [-0.3, -0.25) is 24.2 Å². The monoisotopic (exact) mass is 678 g/mol. The molecule has 10 nitrogen and oxygen atoms in total. The molecule has 2 saturated heterocycles. The van der Waals surface area contributed by atoms with Gasteiger partial charge in [-0.2, -0.15) is 0 Å². The minimum Gasteiger partial charge on any atom is -0.495 e. The minimum atomic E-state index is -0.681. The third-order valence-electron chi connectivity index (χ3n) is 13.8. The van der Waals surface area contributed by atoms with Crippen LogP contribution in [0.3, 0.4) is 0 Å². The zero-order valence-electron chi connectivity index (χ0n) is 30.4. The van der Waals surface area contributed by atoms with E-state index in [9.17, 15) is 19.5 Å². The molecule has 5 fully saturated rings. The maximum Gasteiger partial charge on any atom is 0.320 e. The van der Waals surface area contributed by atoms with E-state index in [-0.39, 0.29) is 47.4 Å². The molecule has 8 atom stereocenters. The van der Waals surface area contributed by atoms with Gasteiger partial charge in [-0.1, -0.05) is 45.9 Å². The molecule has 0 unspecified atom stereocenters. The Morgan fingerprint density at radius 2 is 1.63 bits per heavy atom. The number of piperazine rings is 2. The normalized spacial score (nSPS) is 37.2. The number of amides is 1. The number of benzene rings is 1. The molecule has 0 radical (unpaired) electrons. The minimum absolute atomic E-state index is 0.0579. The molecule has 0 aromatic heterocycles. The van der Waals surface area contributed by atoms with Gasteiger partial charge >= 0.3 is 5.97 Å². The summed E-state index contributed by atoms with van der Waals surface area (Å²) in [5, 5.41) is 11.8. The molecule has 1 amide bonds. The maximum atomic E-state index is 13.7. The van der Waals surface area contributed by atoms with Crippen molar-refractivity contribution in [3.63, 3.8) is 0 Å². The summed E-state index contributed by atoms with van der Waals surface area (Å²) in [5.41, 5.74) is -0.382. The summed E-state index contributed by atoms with van der Waals surface area (Å²) < 4.78 is 12.0. The molecular weight excluding hydrogens is 620 g/mol. The van der Waals surface area contributed by atoms with E-state index in [2.05, 4.69) is 48.1 Å². The van der Waals surface area contributed by atoms with Crippen molar-refractivity contribution in [1.29, 1.82) is 0 Å². The Bertz CT molecular complexity index is 1410. The van der Waals surface area contributed by atoms with Crippen LogP contribution in [0, 0.1) is 34.0 Å². The Hall–Kier alpha value is -2.95. The molecule has 1 aromatic rings. The fourth-order valence-electron chi connectivity index (χ4n) is 10.4. The first kappa shape index (κ1) is 35.9. The molecule has 3 aliphatic carbocycles. The van der Waals surface area contributed by atoms with E-state index in [1.54, 1.807) is 7.11 Å². The molecule has 6 rings (SSSR count). The van der Waals surface area contributed by atoms with E-state index in [1.165, 1.54) is 0 Å². The topological polar surface area (TPSA) is 103 Å². The van der Waals surface area contributed by atoms with Gasteiger partial charge in [-0.05, 0) is 55.1 Å². The Labute approximate surface area is 292 Å². The Balaban J connectivity index is 1.04. The molecule has 3 saturated carbocycles. The van der Waals surface area contributed by atoms with Crippen LogP contribution < -0.4 is 9.64 Å². The quantitative estimate of drug-likeness (QED) is 0.325. The molecule has 5 aliphatic rings. The lowest BCUT2D eigenvalue weighted by molar-refractivity contribution is -0.207. The second kappa shape index (κ2) is 14.0. The molecular formula is C39H58N4O6. The number of aliphatic hydroxyl groups is 1. The summed E-state index contributed by atoms with van der Waals surface area (Å²) >= 11 is 0. The lowest BCUT2D eigenvalue weighted by Gasteiger charge is -2.61. The van der Waals surface area contributed by atoms with E-state index in [0.29, 0.717) is 45.6 Å². The maximum absolute atomic E-state index is 13.7. The third-order valence-corrected chi connectivity index (χ3v) is 13.8. The average Bonchev–Trinajstić information content (AvgIpc) is 3.46. The SMILES string of the molecule is C=C[C@]1(C)C[C@@H](OC(=O)CN2CCN(C(=O)CN3CCN(c4ccccc4OC)CC3)CC2)[C@]2(C)[C@H](C)CC[C@]3(CCC(=O)[C@H]32)[C@@H](C)[C@@H]1O. The van der Waals surface area contributed by atoms with Crippen molar-refractivity contribution in [2.45, 2.75) is 72.0 Å². The second-order valence-electron chi connectivity index (χ2n) is 16.2. The van der Waals surface area contributed by atoms with Crippen molar-refractivity contribution in [3.8, 4) is 5.75 Å². The highest BCUT2D eigenvalue weighted by molar-refractivity contribution is 5.86. The Morgan fingerprint density at radius 3 is 2.31 bits per heavy atom. The van der Waals surface area contributed by atoms with E-state index in [1.807, 2.05) is 36.1 Å². The van der Waals surface area contributed by atoms with Crippen LogP contribution in [0.25, 0.3) is 0 Å². The van der Waals surface area contributed by atoms with Crippen LogP contribution in [0.4, 0.5) is 5.69 Å². The largest absolute Gasteiger partial charge is 0.495 e. The van der Waals surface area contributed by atoms with Crippen molar-refractivity contribution in [2.75, 3.05) is 77.5 Å². The number of esters is 1. The number of hydrogen-bond donors (Lipinski definition) is 1. The number of carbonyl (C=O) groups is 3. The van der Waals surface area contributed by atoms with Gasteiger partial charge in [-0.15, -0.1) is 6.58 Å². The first-order chi connectivity index (χ1) is 23.4. The van der Waals surface area contributed by atoms with Crippen molar-refractivity contribution < 1.29 is 29.0 Å². The van der Waals surface area contributed by atoms with Gasteiger partial charge in [-0.25, -0.2) is 0 Å². The van der Waals surface area contributed by atoms with Crippen LogP contribution >= 0.6 is 0 Å². The van der Waals surface area contributed by atoms with Crippen molar-refractivity contribution >= 4 is 23.3 Å². The number of ether oxygens (including phenoxy) is 2. The van der Waals surface area contributed by atoms with E-state index < -0.39 is 23.0 Å². The van der Waals surface area contributed by atoms with Gasteiger partial charge < -0.3 is 24.4 Å². The second-order valence-corrected chi connectivity index (χ2v) is 16.2. The van der Waals surface area contributed by atoms with Crippen LogP contribution in [0.15, 0.2) is 36.9 Å². The van der Waals surface area contributed by atoms with E-state index >= 15 is 0 Å². The number of nitrogens with zero attached hydrogens (tertiary/aromatic N) is 4. The Morgan fingerprint density at radius 1 is 0.980 bits per heavy atom. The van der Waals surface area contributed by atoms with Gasteiger partial charge in [0.2, 0.25) is 5.91 Å². The first-order valence-electron chi connectivity index (χ1n) is 18.5. The molecule has 0 spiro atoms. The summed E-state index contributed by atoms with van der Waals surface area (Å²) in [5.74, 6) is 0.851. The zero-order chi connectivity index (χ0) is 35.1. The summed E-state index contributed by atoms with van der Waals surface area (Å²) in [6, 6.07) is 8.05. The number of anilines is 1. The Kier molecular flexibility index (Phi) is 10.2. The summed E-state index contributed by atoms with van der Waals surface area (Å²) in [4.78, 5) is 49.2. The third kappa shape index (κ3) is 6.42. The molecule has 2 heterocycles. The first-order valence-corrected chi connectivity index (χ1v) is 18.5. The summed E-state index contributed by atoms with van der Waals surface area (Å²) in [6.07, 6.45) is 4.24. The van der Waals surface area contributed by atoms with Gasteiger partial charge in [0.15, 0.2) is 0 Å². The molecule has 1 aromatic carbocycles. The number of hydrogen-bond acceptors (Lipinski definition) is 9. The van der Waals surface area contributed by atoms with Crippen LogP contribution in [0.1, 0.15) is 59.8 Å². The zero-order valence-corrected chi connectivity index (χ0v) is 30.4. The molecule has 49 heavy (non-hydrogen) atoms. The van der Waals surface area contributed by atoms with Crippen LogP contribution in [-0.2, 0) is 19.1 Å². The number of methoxy groups -OCH3 is 1. The van der Waals surface area contributed by atoms with Crippen LogP contribution in [-0.4, -0.2) is 122 Å². The lowest BCUT2D eigenvalue weighted by atomic mass is 9.44. The van der Waals surface area contributed by atoms with Crippen molar-refractivity contribution in [2.24, 2.45) is 34.0 Å². The number of para-hydroxylation sites is 2. The highest BCUT2D eigenvalue weighted by Gasteiger charge is 2.68. The van der Waals surface area contributed by atoms with Crippen molar-refractivity contribution in [1.82, 2.24) is 14.7 Å². The van der Waals surface area contributed by atoms with Crippen LogP contribution in [0.2, 0.25) is 0 Å². The lowest BCUT2D eigenvalue weighted by Crippen LogP contribution is -2.63. The highest BCUT2D eigenvalue weighted by Crippen LogP contribution is 2.68. The number of ketones is 1. The van der Waals surface area contributed by atoms with Gasteiger partial charge in [0.1, 0.15) is 17.6 Å². The highest BCUT2D eigenvalue weighted by atomic mass is 16.5. The van der Waals surface area contributed by atoms with E-state index in [4.69, 9.17) is 9.47 Å². The summed E-state index contributed by atoms with van der Waals surface area (Å²) in [7, 11) is 1.69. The molecule has 10 heteroatoms. The predicted molar refractivity (Wildman–Crippen MR) is 189 cm³/mol. The fraction of sp³-hybridized carbons (Fsp3) is 0.718. The number of aliphatic hydroxyl groups excluding tert-OH is 1. The molecule has 2 bridgehead atoms. The number of rotatable bonds is 8. The predicted octanol–water partition coefficient (Wildman–Crippen LogP) is 3.87. The van der Waals surface area contributed by atoms with Crippen LogP contribution in [0.5, 0.6) is 5.75 Å². The fourth-order valence-corrected chi connectivity index (χ4v) is 10.4. The van der Waals surface area contributed by atoms with Gasteiger partial charge in [0.05, 0.1) is 32.0 Å². The van der Waals surface area contributed by atoms with E-state index in [0.717, 1.165) is 56.9 Å². The van der Waals surface area contributed by atoms with Crippen molar-refractivity contribution in [3.05, 3.63) is 36.9 Å². The average molecular weight is 679 g/mol. The molecule has 270 valence electrons. The molecule has 1 N–H and O–H groups in total. The number of carbonyl (C=O) groups excluding carboxylic acids is 3.